The zero-order valence-electron chi connectivity index (χ0n) is 12.4. The average molecular weight is 295 g/mol. The monoisotopic (exact) mass is 295 g/mol. The van der Waals surface area contributed by atoms with Crippen LogP contribution in [0.3, 0.4) is 0 Å². The van der Waals surface area contributed by atoms with E-state index < -0.39 is 0 Å². The fourth-order valence-corrected chi connectivity index (χ4v) is 2.74. The molecule has 0 aliphatic heterocycles. The molecule has 0 aliphatic rings. The molecular weight excluding hydrogens is 274 g/mol. The molecule has 0 amide bonds. The van der Waals surface area contributed by atoms with Crippen molar-refractivity contribution in [3.63, 3.8) is 0 Å². The Morgan fingerprint density at radius 3 is 2.29 bits per heavy atom. The predicted molar refractivity (Wildman–Crippen MR) is 95.1 cm³/mol. The zero-order valence-corrected chi connectivity index (χ0v) is 13.2. The number of benzene rings is 2. The summed E-state index contributed by atoms with van der Waals surface area (Å²) in [5.74, 6) is 0.327. The summed E-state index contributed by atoms with van der Waals surface area (Å²) in [5.41, 5.74) is 2.55. The molecule has 0 bridgehead atoms. The van der Waals surface area contributed by atoms with Crippen LogP contribution in [-0.2, 0) is 6.54 Å². The molecule has 0 heterocycles. The maximum absolute atomic E-state index is 4.76. The molecule has 1 atom stereocenters. The number of nitrogens with zero attached hydrogens (tertiary/aromatic N) is 1. The van der Waals surface area contributed by atoms with E-state index in [9.17, 15) is 0 Å². The fourth-order valence-electron chi connectivity index (χ4n) is 2.20. The van der Waals surface area contributed by atoms with Crippen molar-refractivity contribution in [2.45, 2.75) is 18.9 Å². The fraction of sp³-hybridized carbons (Fsp3) is 0.211. The zero-order chi connectivity index (χ0) is 14.9. The van der Waals surface area contributed by atoms with E-state index in [4.69, 9.17) is 4.99 Å². The van der Waals surface area contributed by atoms with E-state index in [0.717, 1.165) is 13.0 Å². The molecule has 2 rings (SSSR count). The lowest BCUT2D eigenvalue weighted by Crippen LogP contribution is -2.02. The van der Waals surface area contributed by atoms with Gasteiger partial charge in [0.15, 0.2) is 0 Å². The molecule has 21 heavy (non-hydrogen) atoms. The minimum atomic E-state index is 0.327. The van der Waals surface area contributed by atoms with Crippen LogP contribution in [0.25, 0.3) is 0 Å². The highest BCUT2D eigenvalue weighted by atomic mass is 32.2. The van der Waals surface area contributed by atoms with Crippen LogP contribution in [-0.4, -0.2) is 11.3 Å². The first-order valence-electron chi connectivity index (χ1n) is 7.12. The van der Waals surface area contributed by atoms with Gasteiger partial charge in [0.05, 0.1) is 11.6 Å². The van der Waals surface area contributed by atoms with Gasteiger partial charge in [0, 0.05) is 12.3 Å². The van der Waals surface area contributed by atoms with Crippen molar-refractivity contribution in [3.05, 3.63) is 84.4 Å². The molecule has 0 aliphatic carbocycles. The van der Waals surface area contributed by atoms with Crippen molar-refractivity contribution >= 4 is 16.8 Å². The van der Waals surface area contributed by atoms with Crippen molar-refractivity contribution in [1.29, 1.82) is 0 Å². The molecule has 0 radical (unpaired) electrons. The van der Waals surface area contributed by atoms with Gasteiger partial charge in [-0.15, -0.1) is 18.3 Å². The molecule has 1 nitrogen and oxygen atoms in total. The second-order valence-electron chi connectivity index (χ2n) is 4.86. The number of aliphatic imine (C=N–C) groups is 1. The van der Waals surface area contributed by atoms with Gasteiger partial charge in [0.1, 0.15) is 0 Å². The second kappa shape index (κ2) is 8.48. The quantitative estimate of drug-likeness (QED) is 0.400. The standard InChI is InChI=1S/C19H21NS/c1-3-17(18-12-8-5-9-13-18)14-19(21-2)20-15-16-10-6-4-7-11-16/h3-13,17H,1,14-15H2,2H3. The Morgan fingerprint density at radius 1 is 1.10 bits per heavy atom. The first-order chi connectivity index (χ1) is 10.3. The van der Waals surface area contributed by atoms with Gasteiger partial charge in [0.2, 0.25) is 0 Å². The Balaban J connectivity index is 2.05. The molecule has 0 fully saturated rings. The summed E-state index contributed by atoms with van der Waals surface area (Å²) < 4.78 is 0. The van der Waals surface area contributed by atoms with Gasteiger partial charge in [-0.05, 0) is 17.4 Å². The van der Waals surface area contributed by atoms with Gasteiger partial charge in [-0.2, -0.15) is 0 Å². The topological polar surface area (TPSA) is 12.4 Å². The van der Waals surface area contributed by atoms with E-state index in [2.05, 4.69) is 61.4 Å². The van der Waals surface area contributed by atoms with Crippen molar-refractivity contribution in [2.75, 3.05) is 6.26 Å². The summed E-state index contributed by atoms with van der Waals surface area (Å²) in [6.45, 7) is 4.72. The van der Waals surface area contributed by atoms with Gasteiger partial charge >= 0.3 is 0 Å². The number of thioether (sulfide) groups is 1. The van der Waals surface area contributed by atoms with Crippen LogP contribution in [0.2, 0.25) is 0 Å². The highest BCUT2D eigenvalue weighted by molar-refractivity contribution is 8.13. The van der Waals surface area contributed by atoms with Crippen molar-refractivity contribution < 1.29 is 0 Å². The summed E-state index contributed by atoms with van der Waals surface area (Å²) in [4.78, 5) is 4.76. The molecule has 1 unspecified atom stereocenters. The minimum absolute atomic E-state index is 0.327. The van der Waals surface area contributed by atoms with E-state index in [1.54, 1.807) is 11.8 Å². The van der Waals surface area contributed by atoms with Gasteiger partial charge < -0.3 is 0 Å². The molecule has 0 N–H and O–H groups in total. The summed E-state index contributed by atoms with van der Waals surface area (Å²) in [6, 6.07) is 20.9. The third-order valence-electron chi connectivity index (χ3n) is 3.42. The van der Waals surface area contributed by atoms with Crippen LogP contribution in [0.15, 0.2) is 78.3 Å². The molecule has 2 aromatic rings. The van der Waals surface area contributed by atoms with Crippen LogP contribution >= 0.6 is 11.8 Å². The minimum Gasteiger partial charge on any atom is -0.278 e. The highest BCUT2D eigenvalue weighted by Crippen LogP contribution is 2.24. The van der Waals surface area contributed by atoms with Crippen LogP contribution in [0, 0.1) is 0 Å². The van der Waals surface area contributed by atoms with E-state index in [-0.39, 0.29) is 0 Å². The Kier molecular flexibility index (Phi) is 6.29. The molecule has 0 saturated heterocycles. The number of allylic oxidation sites excluding steroid dienone is 1. The molecule has 0 spiro atoms. The van der Waals surface area contributed by atoms with E-state index >= 15 is 0 Å². The first kappa shape index (κ1) is 15.6. The van der Waals surface area contributed by atoms with Crippen LogP contribution in [0.5, 0.6) is 0 Å². The maximum Gasteiger partial charge on any atom is 0.0686 e. The molecule has 2 aromatic carbocycles. The van der Waals surface area contributed by atoms with Gasteiger partial charge in [-0.25, -0.2) is 0 Å². The third-order valence-corrected chi connectivity index (χ3v) is 4.19. The summed E-state index contributed by atoms with van der Waals surface area (Å²) in [6.07, 6.45) is 5.03. The largest absolute Gasteiger partial charge is 0.278 e. The number of rotatable bonds is 6. The number of hydrogen-bond donors (Lipinski definition) is 0. The van der Waals surface area contributed by atoms with Gasteiger partial charge in [-0.1, -0.05) is 66.7 Å². The second-order valence-corrected chi connectivity index (χ2v) is 5.74. The number of hydrogen-bond acceptors (Lipinski definition) is 2. The average Bonchev–Trinajstić information content (AvgIpc) is 2.57. The third kappa shape index (κ3) is 4.91. The smallest absolute Gasteiger partial charge is 0.0686 e. The van der Waals surface area contributed by atoms with Crippen LogP contribution < -0.4 is 0 Å². The predicted octanol–water partition coefficient (Wildman–Crippen LogP) is 5.31. The van der Waals surface area contributed by atoms with Crippen molar-refractivity contribution in [1.82, 2.24) is 0 Å². The van der Waals surface area contributed by atoms with E-state index in [1.807, 2.05) is 18.2 Å². The van der Waals surface area contributed by atoms with Crippen LogP contribution in [0.4, 0.5) is 0 Å². The normalized spacial score (nSPS) is 12.9. The lowest BCUT2D eigenvalue weighted by molar-refractivity contribution is 0.894. The summed E-state index contributed by atoms with van der Waals surface area (Å²) in [5, 5.41) is 1.17. The van der Waals surface area contributed by atoms with Crippen molar-refractivity contribution in [2.24, 2.45) is 4.99 Å². The Hall–Kier alpha value is -1.80. The highest BCUT2D eigenvalue weighted by Gasteiger charge is 2.10. The summed E-state index contributed by atoms with van der Waals surface area (Å²) >= 11 is 1.73. The molecule has 0 saturated carbocycles. The lowest BCUT2D eigenvalue weighted by atomic mass is 9.96. The van der Waals surface area contributed by atoms with E-state index in [0.29, 0.717) is 5.92 Å². The summed E-state index contributed by atoms with van der Waals surface area (Å²) in [7, 11) is 0. The molecular formula is C19H21NS. The van der Waals surface area contributed by atoms with Gasteiger partial charge in [0.25, 0.3) is 0 Å². The van der Waals surface area contributed by atoms with Gasteiger partial charge in [-0.3, -0.25) is 4.99 Å². The molecule has 108 valence electrons. The van der Waals surface area contributed by atoms with E-state index in [1.165, 1.54) is 16.2 Å². The van der Waals surface area contributed by atoms with Crippen molar-refractivity contribution in [3.8, 4) is 0 Å². The Morgan fingerprint density at radius 2 is 1.71 bits per heavy atom. The molecule has 2 heteroatoms. The maximum atomic E-state index is 4.76. The SMILES string of the molecule is C=CC(CC(=NCc1ccccc1)SC)c1ccccc1. The first-order valence-corrected chi connectivity index (χ1v) is 8.34. The van der Waals surface area contributed by atoms with Crippen LogP contribution in [0.1, 0.15) is 23.5 Å². The Labute approximate surface area is 131 Å². The molecule has 0 aromatic heterocycles. The Bertz CT molecular complexity index is 575. The lowest BCUT2D eigenvalue weighted by Gasteiger charge is -2.13.